The largest absolute Gasteiger partial charge is 0.481 e. The second-order valence-electron chi connectivity index (χ2n) is 8.94. The Bertz CT molecular complexity index is 1130. The second-order valence-corrected chi connectivity index (χ2v) is 9.81. The third-order valence-electron chi connectivity index (χ3n) is 6.86. The lowest BCUT2D eigenvalue weighted by Crippen LogP contribution is -2.62. The molecule has 1 spiro atoms. The van der Waals surface area contributed by atoms with E-state index in [1.165, 1.54) is 0 Å². The number of benzene rings is 2. The summed E-state index contributed by atoms with van der Waals surface area (Å²) in [6.07, 6.45) is 1.94. The maximum absolute atomic E-state index is 13.8. The van der Waals surface area contributed by atoms with Crippen LogP contribution >= 0.6 is 23.2 Å². The van der Waals surface area contributed by atoms with Gasteiger partial charge in [0.2, 0.25) is 5.91 Å². The highest BCUT2D eigenvalue weighted by molar-refractivity contribution is 6.31. The van der Waals surface area contributed by atoms with Gasteiger partial charge in [0, 0.05) is 39.7 Å². The minimum Gasteiger partial charge on any atom is -0.481 e. The Balaban J connectivity index is 1.74. The molecule has 2 aliphatic heterocycles. The van der Waals surface area contributed by atoms with Crippen LogP contribution in [0.25, 0.3) is 0 Å². The third-order valence-corrected chi connectivity index (χ3v) is 7.33. The number of hydrogen-bond acceptors (Lipinski definition) is 3. The maximum atomic E-state index is 13.8. The molecule has 5 rings (SSSR count). The molecule has 2 N–H and O–H groups in total. The zero-order valence-corrected chi connectivity index (χ0v) is 18.7. The van der Waals surface area contributed by atoms with Crippen molar-refractivity contribution in [3.8, 4) is 0 Å². The molecular formula is C24H22Cl2N2O4. The van der Waals surface area contributed by atoms with Crippen LogP contribution in [0.2, 0.25) is 10.0 Å². The first-order valence-corrected chi connectivity index (χ1v) is 11.5. The predicted octanol–water partition coefficient (Wildman–Crippen LogP) is 4.66. The minimum atomic E-state index is -1.28. The Labute approximate surface area is 195 Å². The fraction of sp³-hybridized carbons (Fsp3) is 0.375. The molecule has 2 amide bonds. The molecule has 0 radical (unpaired) electrons. The first-order chi connectivity index (χ1) is 15.3. The number of piperidine rings is 1. The summed E-state index contributed by atoms with van der Waals surface area (Å²) in [6.45, 7) is 0.418. The number of carbonyl (C=O) groups is 3. The lowest BCUT2D eigenvalue weighted by atomic mass is 9.66. The highest BCUT2D eigenvalue weighted by Crippen LogP contribution is 2.56. The molecule has 3 aliphatic rings. The molecule has 2 heterocycles. The fourth-order valence-corrected chi connectivity index (χ4v) is 5.69. The third kappa shape index (κ3) is 3.37. The Morgan fingerprint density at radius 3 is 2.56 bits per heavy atom. The summed E-state index contributed by atoms with van der Waals surface area (Å²) in [7, 11) is 0. The van der Waals surface area contributed by atoms with Crippen LogP contribution in [0.3, 0.4) is 0 Å². The van der Waals surface area contributed by atoms with E-state index in [2.05, 4.69) is 5.32 Å². The van der Waals surface area contributed by atoms with Gasteiger partial charge in [-0.1, -0.05) is 41.4 Å². The molecule has 2 aromatic rings. The molecule has 2 aromatic carbocycles. The van der Waals surface area contributed by atoms with Gasteiger partial charge in [0.1, 0.15) is 0 Å². The minimum absolute atomic E-state index is 0.238. The number of hydrogen-bond donors (Lipinski definition) is 2. The van der Waals surface area contributed by atoms with Crippen LogP contribution in [0.1, 0.15) is 42.7 Å². The van der Waals surface area contributed by atoms with Crippen LogP contribution in [0.4, 0.5) is 5.69 Å². The Morgan fingerprint density at radius 1 is 1.12 bits per heavy atom. The summed E-state index contributed by atoms with van der Waals surface area (Å²) in [6, 6.07) is 12.5. The molecular weight excluding hydrogens is 451 g/mol. The number of likely N-dealkylation sites (tertiary alicyclic amines) is 1. The summed E-state index contributed by atoms with van der Waals surface area (Å²) < 4.78 is 0. The molecule has 1 saturated carbocycles. The van der Waals surface area contributed by atoms with Crippen LogP contribution in [-0.4, -0.2) is 34.3 Å². The molecule has 1 aliphatic carbocycles. The SMILES string of the molecule is O=C(O)C[C@@H]1C[C@@H](c2cccc(Cl)c2)C2(C(=O)Nc3cc(Cl)ccc32)N(CC2CC2)C1=O. The zero-order valence-electron chi connectivity index (χ0n) is 17.2. The smallest absolute Gasteiger partial charge is 0.304 e. The molecule has 1 unspecified atom stereocenters. The number of carboxylic acid groups (broad SMARTS) is 1. The van der Waals surface area contributed by atoms with Gasteiger partial charge in [0.15, 0.2) is 5.54 Å². The van der Waals surface area contributed by atoms with E-state index in [9.17, 15) is 19.5 Å². The van der Waals surface area contributed by atoms with Gasteiger partial charge in [-0.15, -0.1) is 0 Å². The summed E-state index contributed by atoms with van der Waals surface area (Å²) in [5.74, 6) is -2.46. The Hall–Kier alpha value is -2.57. The number of rotatable bonds is 5. The number of amides is 2. The van der Waals surface area contributed by atoms with Crippen LogP contribution in [0.15, 0.2) is 42.5 Å². The number of nitrogens with zero attached hydrogens (tertiary/aromatic N) is 1. The maximum Gasteiger partial charge on any atom is 0.304 e. The number of carbonyl (C=O) groups excluding carboxylic acids is 2. The quantitative estimate of drug-likeness (QED) is 0.662. The highest BCUT2D eigenvalue weighted by atomic mass is 35.5. The van der Waals surface area contributed by atoms with Crippen LogP contribution in [0, 0.1) is 11.8 Å². The molecule has 8 heteroatoms. The van der Waals surface area contributed by atoms with Crippen LogP contribution in [-0.2, 0) is 19.9 Å². The van der Waals surface area contributed by atoms with Gasteiger partial charge in [-0.25, -0.2) is 0 Å². The fourth-order valence-electron chi connectivity index (χ4n) is 5.32. The predicted molar refractivity (Wildman–Crippen MR) is 121 cm³/mol. The zero-order chi connectivity index (χ0) is 22.6. The average molecular weight is 473 g/mol. The Kier molecular flexibility index (Phi) is 5.18. The van der Waals surface area contributed by atoms with Gasteiger partial charge >= 0.3 is 5.97 Å². The van der Waals surface area contributed by atoms with E-state index in [1.807, 2.05) is 12.1 Å². The molecule has 1 saturated heterocycles. The topological polar surface area (TPSA) is 86.7 Å². The Morgan fingerprint density at radius 2 is 1.88 bits per heavy atom. The van der Waals surface area contributed by atoms with E-state index >= 15 is 0 Å². The number of aliphatic carboxylic acids is 1. The number of anilines is 1. The van der Waals surface area contributed by atoms with Gasteiger partial charge in [-0.05, 0) is 55.0 Å². The van der Waals surface area contributed by atoms with Crippen molar-refractivity contribution < 1.29 is 19.5 Å². The summed E-state index contributed by atoms with van der Waals surface area (Å²) >= 11 is 12.5. The normalized spacial score (nSPS) is 26.9. The molecule has 166 valence electrons. The van der Waals surface area contributed by atoms with Gasteiger partial charge in [-0.2, -0.15) is 0 Å². The molecule has 32 heavy (non-hydrogen) atoms. The lowest BCUT2D eigenvalue weighted by Gasteiger charge is -2.51. The average Bonchev–Trinajstić information content (AvgIpc) is 3.51. The van der Waals surface area contributed by atoms with Crippen molar-refractivity contribution in [2.75, 3.05) is 11.9 Å². The van der Waals surface area contributed by atoms with Crippen LogP contribution < -0.4 is 5.32 Å². The lowest BCUT2D eigenvalue weighted by molar-refractivity contribution is -0.160. The second kappa shape index (κ2) is 7.78. The standard InChI is InChI=1S/C24H22Cl2N2O4/c25-16-3-1-2-14(8-16)19-9-15(10-21(29)30)22(31)28(12-13-4-5-13)24(19)18-7-6-17(26)11-20(18)27-23(24)32/h1-3,6-8,11,13,15,19H,4-5,9-10,12H2,(H,27,32)(H,29,30)/t15-,19-,24?/m0/s1. The number of nitrogens with one attached hydrogen (secondary N) is 1. The van der Waals surface area contributed by atoms with Crippen molar-refractivity contribution in [1.29, 1.82) is 0 Å². The highest BCUT2D eigenvalue weighted by Gasteiger charge is 2.62. The van der Waals surface area contributed by atoms with E-state index in [4.69, 9.17) is 23.2 Å². The van der Waals surface area contributed by atoms with Gasteiger partial charge in [0.25, 0.3) is 5.91 Å². The van der Waals surface area contributed by atoms with Gasteiger partial charge in [0.05, 0.1) is 6.42 Å². The summed E-state index contributed by atoms with van der Waals surface area (Å²) in [4.78, 5) is 40.7. The molecule has 0 bridgehead atoms. The van der Waals surface area contributed by atoms with Gasteiger partial charge in [-0.3, -0.25) is 14.4 Å². The van der Waals surface area contributed by atoms with E-state index in [-0.39, 0.29) is 24.7 Å². The van der Waals surface area contributed by atoms with Crippen molar-refractivity contribution in [2.24, 2.45) is 11.8 Å². The monoisotopic (exact) mass is 472 g/mol. The first kappa shape index (κ1) is 21.3. The van der Waals surface area contributed by atoms with E-state index in [0.29, 0.717) is 33.8 Å². The number of carboxylic acids is 1. The van der Waals surface area contributed by atoms with Gasteiger partial charge < -0.3 is 15.3 Å². The van der Waals surface area contributed by atoms with Crippen molar-refractivity contribution in [1.82, 2.24) is 4.90 Å². The van der Waals surface area contributed by atoms with Crippen molar-refractivity contribution in [3.05, 3.63) is 63.6 Å². The van der Waals surface area contributed by atoms with Crippen molar-refractivity contribution in [2.45, 2.75) is 37.1 Å². The molecule has 6 nitrogen and oxygen atoms in total. The van der Waals surface area contributed by atoms with Crippen LogP contribution in [0.5, 0.6) is 0 Å². The van der Waals surface area contributed by atoms with Crippen molar-refractivity contribution in [3.63, 3.8) is 0 Å². The summed E-state index contributed by atoms with van der Waals surface area (Å²) in [5, 5.41) is 13.4. The van der Waals surface area contributed by atoms with Crippen molar-refractivity contribution >= 4 is 46.7 Å². The van der Waals surface area contributed by atoms with E-state index < -0.39 is 23.3 Å². The van der Waals surface area contributed by atoms with E-state index in [0.717, 1.165) is 18.4 Å². The number of halogens is 2. The molecule has 3 atom stereocenters. The number of fused-ring (bicyclic) bond motifs is 2. The first-order valence-electron chi connectivity index (χ1n) is 10.7. The molecule has 2 fully saturated rings. The summed E-state index contributed by atoms with van der Waals surface area (Å²) in [5.41, 5.74) is 0.804. The molecule has 0 aromatic heterocycles. The van der Waals surface area contributed by atoms with E-state index in [1.54, 1.807) is 35.2 Å².